The third-order valence-electron chi connectivity index (χ3n) is 4.33. The highest BCUT2D eigenvalue weighted by Gasteiger charge is 2.17. The van der Waals surface area contributed by atoms with Gasteiger partial charge < -0.3 is 24.8 Å². The average molecular weight is 401 g/mol. The van der Waals surface area contributed by atoms with E-state index in [1.54, 1.807) is 12.1 Å². The molecule has 2 aromatic rings. The van der Waals surface area contributed by atoms with E-state index >= 15 is 0 Å². The largest absolute Gasteiger partial charge is 0.490 e. The molecule has 0 aliphatic carbocycles. The molecule has 0 radical (unpaired) electrons. The van der Waals surface area contributed by atoms with Crippen molar-refractivity contribution in [2.24, 2.45) is 0 Å². The quantitative estimate of drug-likeness (QED) is 0.545. The number of anilines is 2. The molecule has 0 saturated heterocycles. The third-order valence-corrected chi connectivity index (χ3v) is 4.33. The number of hydrogen-bond acceptors (Lipinski definition) is 4. The molecule has 0 heterocycles. The number of para-hydroxylation sites is 1. The molecule has 2 aromatic carbocycles. The number of hydrogen-bond donors (Lipinski definition) is 2. The first-order valence-corrected chi connectivity index (χ1v) is 10.1. The van der Waals surface area contributed by atoms with Crippen LogP contribution in [-0.2, 0) is 0 Å². The fourth-order valence-electron chi connectivity index (χ4n) is 3.08. The molecule has 0 aromatic heterocycles. The Kier molecular flexibility index (Phi) is 8.19. The van der Waals surface area contributed by atoms with E-state index in [4.69, 9.17) is 14.2 Å². The van der Waals surface area contributed by atoms with Crippen molar-refractivity contribution < 1.29 is 19.0 Å². The summed E-state index contributed by atoms with van der Waals surface area (Å²) in [7, 11) is 0. The first kappa shape index (κ1) is 22.4. The summed E-state index contributed by atoms with van der Waals surface area (Å²) in [6.45, 7) is 13.3. The van der Waals surface area contributed by atoms with Gasteiger partial charge in [0, 0.05) is 17.8 Å². The predicted molar refractivity (Wildman–Crippen MR) is 118 cm³/mol. The average Bonchev–Trinajstić information content (AvgIpc) is 2.66. The van der Waals surface area contributed by atoms with E-state index in [0.717, 1.165) is 16.8 Å². The molecule has 6 heteroatoms. The van der Waals surface area contributed by atoms with E-state index in [2.05, 4.69) is 24.5 Å². The maximum absolute atomic E-state index is 12.7. The molecule has 2 amide bonds. The number of carbonyl (C=O) groups excluding carboxylic acids is 1. The molecule has 0 spiro atoms. The number of nitrogens with one attached hydrogen (secondary N) is 2. The number of aryl methyl sites for hydroxylation is 1. The van der Waals surface area contributed by atoms with Crippen LogP contribution in [0.1, 0.15) is 51.7 Å². The number of rotatable bonds is 9. The van der Waals surface area contributed by atoms with Crippen LogP contribution in [0.15, 0.2) is 30.3 Å². The van der Waals surface area contributed by atoms with E-state index in [1.807, 2.05) is 45.9 Å². The molecule has 158 valence electrons. The zero-order valence-corrected chi connectivity index (χ0v) is 18.2. The first-order chi connectivity index (χ1) is 13.9. The van der Waals surface area contributed by atoms with Crippen molar-refractivity contribution in [3.05, 3.63) is 41.5 Å². The second kappa shape index (κ2) is 10.6. The molecule has 0 saturated carbocycles. The fraction of sp³-hybridized carbons (Fsp3) is 0.435. The minimum absolute atomic E-state index is 0.296. The van der Waals surface area contributed by atoms with Gasteiger partial charge in [-0.05, 0) is 44.7 Å². The Morgan fingerprint density at radius 2 is 1.52 bits per heavy atom. The number of benzene rings is 2. The van der Waals surface area contributed by atoms with E-state index < -0.39 is 0 Å². The molecule has 0 bridgehead atoms. The van der Waals surface area contributed by atoms with Crippen LogP contribution in [-0.4, -0.2) is 25.9 Å². The van der Waals surface area contributed by atoms with Gasteiger partial charge in [-0.25, -0.2) is 4.79 Å². The van der Waals surface area contributed by atoms with Gasteiger partial charge in [0.2, 0.25) is 5.75 Å². The van der Waals surface area contributed by atoms with Crippen LogP contribution in [0.25, 0.3) is 0 Å². The summed E-state index contributed by atoms with van der Waals surface area (Å²) in [5, 5.41) is 5.87. The molecule has 29 heavy (non-hydrogen) atoms. The third kappa shape index (κ3) is 5.79. The molecule has 6 nitrogen and oxygen atoms in total. The summed E-state index contributed by atoms with van der Waals surface area (Å²) in [5.74, 6) is 1.91. The maximum atomic E-state index is 12.7. The van der Waals surface area contributed by atoms with Crippen molar-refractivity contribution in [3.63, 3.8) is 0 Å². The zero-order valence-electron chi connectivity index (χ0n) is 18.2. The van der Waals surface area contributed by atoms with Crippen molar-refractivity contribution in [2.75, 3.05) is 30.5 Å². The van der Waals surface area contributed by atoms with Crippen molar-refractivity contribution in [2.45, 2.75) is 47.5 Å². The van der Waals surface area contributed by atoms with Gasteiger partial charge in [0.15, 0.2) is 11.5 Å². The smallest absolute Gasteiger partial charge is 0.323 e. The van der Waals surface area contributed by atoms with Gasteiger partial charge in [-0.3, -0.25) is 0 Å². The summed E-state index contributed by atoms with van der Waals surface area (Å²) in [4.78, 5) is 12.7. The fourth-order valence-corrected chi connectivity index (χ4v) is 3.08. The Morgan fingerprint density at radius 3 is 2.03 bits per heavy atom. The van der Waals surface area contributed by atoms with Crippen LogP contribution in [0, 0.1) is 6.92 Å². The predicted octanol–water partition coefficient (Wildman–Crippen LogP) is 5.96. The summed E-state index contributed by atoms with van der Waals surface area (Å²) in [6, 6.07) is 9.19. The SMILES string of the molecule is CCOc1cc(NC(=O)Nc2c(C)cccc2C(C)C)cc(OCC)c1OCC. The number of amides is 2. The van der Waals surface area contributed by atoms with Gasteiger partial charge in [-0.15, -0.1) is 0 Å². The van der Waals surface area contributed by atoms with Crippen LogP contribution < -0.4 is 24.8 Å². The van der Waals surface area contributed by atoms with Crippen LogP contribution in [0.4, 0.5) is 16.2 Å². The monoisotopic (exact) mass is 400 g/mol. The lowest BCUT2D eigenvalue weighted by molar-refractivity contribution is 0.260. The van der Waals surface area contributed by atoms with E-state index in [-0.39, 0.29) is 6.03 Å². The van der Waals surface area contributed by atoms with Crippen LogP contribution in [0.3, 0.4) is 0 Å². The molecule has 2 rings (SSSR count). The molecular formula is C23H32N2O4. The molecule has 2 N–H and O–H groups in total. The van der Waals surface area contributed by atoms with Gasteiger partial charge in [0.1, 0.15) is 0 Å². The normalized spacial score (nSPS) is 10.6. The van der Waals surface area contributed by atoms with E-state index in [0.29, 0.717) is 48.7 Å². The lowest BCUT2D eigenvalue weighted by Gasteiger charge is -2.19. The van der Waals surface area contributed by atoms with Gasteiger partial charge in [0.05, 0.1) is 25.5 Å². The minimum Gasteiger partial charge on any atom is -0.490 e. The summed E-state index contributed by atoms with van der Waals surface area (Å²) in [6.07, 6.45) is 0. The Morgan fingerprint density at radius 1 is 0.931 bits per heavy atom. The topological polar surface area (TPSA) is 68.8 Å². The number of ether oxygens (including phenoxy) is 3. The molecule has 0 aliphatic heterocycles. The van der Waals surface area contributed by atoms with Crippen LogP contribution >= 0.6 is 0 Å². The van der Waals surface area contributed by atoms with Crippen molar-refractivity contribution >= 4 is 17.4 Å². The Labute approximate surface area is 173 Å². The lowest BCUT2D eigenvalue weighted by Crippen LogP contribution is -2.21. The second-order valence-electron chi connectivity index (χ2n) is 6.87. The molecule has 0 unspecified atom stereocenters. The Balaban J connectivity index is 2.30. The summed E-state index contributed by atoms with van der Waals surface area (Å²) in [5.41, 5.74) is 3.51. The minimum atomic E-state index is -0.324. The summed E-state index contributed by atoms with van der Waals surface area (Å²) >= 11 is 0. The highest BCUT2D eigenvalue weighted by Crippen LogP contribution is 2.41. The maximum Gasteiger partial charge on any atom is 0.323 e. The van der Waals surface area contributed by atoms with Crippen LogP contribution in [0.5, 0.6) is 17.2 Å². The Hall–Kier alpha value is -2.89. The number of urea groups is 1. The van der Waals surface area contributed by atoms with Crippen LogP contribution in [0.2, 0.25) is 0 Å². The van der Waals surface area contributed by atoms with Gasteiger partial charge in [-0.1, -0.05) is 32.0 Å². The Bertz CT molecular complexity index is 807. The molecular weight excluding hydrogens is 368 g/mol. The van der Waals surface area contributed by atoms with Gasteiger partial charge >= 0.3 is 6.03 Å². The standard InChI is InChI=1S/C23H32N2O4/c1-7-27-19-13-17(14-20(28-8-2)22(19)29-9-3)24-23(26)25-21-16(6)11-10-12-18(21)15(4)5/h10-15H,7-9H2,1-6H3,(H2,24,25,26). The van der Waals surface area contributed by atoms with Crippen molar-refractivity contribution in [3.8, 4) is 17.2 Å². The molecule has 0 atom stereocenters. The zero-order chi connectivity index (χ0) is 21.4. The lowest BCUT2D eigenvalue weighted by atomic mass is 9.98. The second-order valence-corrected chi connectivity index (χ2v) is 6.87. The molecule has 0 aliphatic rings. The molecule has 0 fully saturated rings. The van der Waals surface area contributed by atoms with E-state index in [9.17, 15) is 4.79 Å². The number of carbonyl (C=O) groups is 1. The highest BCUT2D eigenvalue weighted by atomic mass is 16.5. The first-order valence-electron chi connectivity index (χ1n) is 10.1. The van der Waals surface area contributed by atoms with Crippen molar-refractivity contribution in [1.29, 1.82) is 0 Å². The van der Waals surface area contributed by atoms with Gasteiger partial charge in [0.25, 0.3) is 0 Å². The van der Waals surface area contributed by atoms with E-state index in [1.165, 1.54) is 0 Å². The highest BCUT2D eigenvalue weighted by molar-refractivity contribution is 6.01. The van der Waals surface area contributed by atoms with Crippen molar-refractivity contribution in [1.82, 2.24) is 0 Å². The summed E-state index contributed by atoms with van der Waals surface area (Å²) < 4.78 is 17.1. The van der Waals surface area contributed by atoms with Gasteiger partial charge in [-0.2, -0.15) is 0 Å².